The Hall–Kier alpha value is -2.93. The van der Waals surface area contributed by atoms with Gasteiger partial charge in [0.05, 0.1) is 16.8 Å². The molecular formula is C21H22N4O2S. The van der Waals surface area contributed by atoms with Gasteiger partial charge in [0.25, 0.3) is 5.91 Å². The van der Waals surface area contributed by atoms with Gasteiger partial charge in [0.2, 0.25) is 0 Å². The molecule has 1 N–H and O–H groups in total. The number of amides is 3. The molecule has 0 saturated carbocycles. The lowest BCUT2D eigenvalue weighted by molar-refractivity contribution is 0.0793. The van der Waals surface area contributed by atoms with Crippen LogP contribution in [0, 0.1) is 0 Å². The van der Waals surface area contributed by atoms with Crippen LogP contribution in [0.5, 0.6) is 0 Å². The maximum Gasteiger partial charge on any atom is 0.321 e. The number of likely N-dealkylation sites (tertiary alicyclic amines) is 1. The van der Waals surface area contributed by atoms with E-state index in [1.54, 1.807) is 47.5 Å². The van der Waals surface area contributed by atoms with Gasteiger partial charge in [-0.25, -0.2) is 9.78 Å². The predicted octanol–water partition coefficient (Wildman–Crippen LogP) is 4.20. The molecule has 4 rings (SSSR count). The van der Waals surface area contributed by atoms with Gasteiger partial charge in [-0.1, -0.05) is 12.1 Å². The van der Waals surface area contributed by atoms with Crippen molar-refractivity contribution in [2.24, 2.45) is 0 Å². The number of urea groups is 1. The highest BCUT2D eigenvalue weighted by Crippen LogP contribution is 2.22. The molecule has 1 aromatic heterocycles. The van der Waals surface area contributed by atoms with Crippen LogP contribution < -0.4 is 5.32 Å². The monoisotopic (exact) mass is 394 g/mol. The molecule has 1 aliphatic heterocycles. The number of thiazole rings is 1. The van der Waals surface area contributed by atoms with Crippen LogP contribution in [0.2, 0.25) is 0 Å². The maximum absolute atomic E-state index is 12.5. The Morgan fingerprint density at radius 2 is 1.82 bits per heavy atom. The highest BCUT2D eigenvalue weighted by molar-refractivity contribution is 7.18. The Morgan fingerprint density at radius 1 is 1.11 bits per heavy atom. The van der Waals surface area contributed by atoms with Crippen molar-refractivity contribution in [3.63, 3.8) is 0 Å². The summed E-state index contributed by atoms with van der Waals surface area (Å²) in [5.41, 5.74) is 2.27. The molecule has 7 heteroatoms. The van der Waals surface area contributed by atoms with Crippen molar-refractivity contribution >= 4 is 39.2 Å². The lowest BCUT2D eigenvalue weighted by Gasteiger charge is -2.17. The summed E-state index contributed by atoms with van der Waals surface area (Å²) in [4.78, 5) is 32.9. The highest BCUT2D eigenvalue weighted by Gasteiger charge is 2.19. The second kappa shape index (κ2) is 7.98. The van der Waals surface area contributed by atoms with E-state index in [4.69, 9.17) is 0 Å². The number of nitrogens with one attached hydrogen (secondary N) is 1. The quantitative estimate of drug-likeness (QED) is 0.721. The van der Waals surface area contributed by atoms with Gasteiger partial charge in [-0.3, -0.25) is 4.79 Å². The third-order valence-electron chi connectivity index (χ3n) is 4.83. The van der Waals surface area contributed by atoms with Gasteiger partial charge in [-0.15, -0.1) is 11.3 Å². The fraction of sp³-hybridized carbons (Fsp3) is 0.286. The zero-order valence-electron chi connectivity index (χ0n) is 15.7. The van der Waals surface area contributed by atoms with Crippen molar-refractivity contribution in [1.82, 2.24) is 14.8 Å². The summed E-state index contributed by atoms with van der Waals surface area (Å²) < 4.78 is 1.12. The first-order valence-corrected chi connectivity index (χ1v) is 10.2. The second-order valence-corrected chi connectivity index (χ2v) is 8.05. The summed E-state index contributed by atoms with van der Waals surface area (Å²) in [6.07, 6.45) is 2.14. The number of fused-ring (bicyclic) bond motifs is 1. The lowest BCUT2D eigenvalue weighted by Crippen LogP contribution is -2.31. The molecule has 3 amide bonds. The first-order chi connectivity index (χ1) is 13.6. The maximum atomic E-state index is 12.5. The van der Waals surface area contributed by atoms with Crippen LogP contribution in [-0.2, 0) is 6.54 Å². The average molecular weight is 395 g/mol. The number of hydrogen-bond acceptors (Lipinski definition) is 4. The van der Waals surface area contributed by atoms with Gasteiger partial charge >= 0.3 is 6.03 Å². The van der Waals surface area contributed by atoms with Crippen LogP contribution in [0.3, 0.4) is 0 Å². The molecule has 1 aliphatic rings. The van der Waals surface area contributed by atoms with Gasteiger partial charge in [-0.05, 0) is 49.2 Å². The molecule has 0 aliphatic carbocycles. The largest absolute Gasteiger partial charge is 0.339 e. The lowest BCUT2D eigenvalue weighted by atomic mass is 10.2. The van der Waals surface area contributed by atoms with Gasteiger partial charge < -0.3 is 15.1 Å². The summed E-state index contributed by atoms with van der Waals surface area (Å²) in [7, 11) is 1.74. The minimum atomic E-state index is -0.210. The van der Waals surface area contributed by atoms with Crippen LogP contribution in [0.4, 0.5) is 10.5 Å². The standard InChI is InChI=1S/C21H22N4O2S/c1-24(14-19-23-17-6-2-3-7-18(17)28-19)21(27)22-16-10-8-15(9-11-16)20(26)25-12-4-5-13-25/h2-3,6-11H,4-5,12-14H2,1H3,(H,22,27). The minimum absolute atomic E-state index is 0.0586. The third-order valence-corrected chi connectivity index (χ3v) is 5.85. The summed E-state index contributed by atoms with van der Waals surface area (Å²) in [5, 5.41) is 3.76. The molecule has 0 radical (unpaired) electrons. The molecule has 1 fully saturated rings. The fourth-order valence-corrected chi connectivity index (χ4v) is 4.30. The molecule has 2 aromatic carbocycles. The normalized spacial score (nSPS) is 13.7. The Labute approximate surface area is 167 Å². The molecule has 0 spiro atoms. The molecule has 0 unspecified atom stereocenters. The Morgan fingerprint density at radius 3 is 2.54 bits per heavy atom. The molecule has 0 atom stereocenters. The summed E-state index contributed by atoms with van der Waals surface area (Å²) in [6, 6.07) is 14.8. The van der Waals surface area contributed by atoms with Gasteiger partial charge in [0.1, 0.15) is 5.01 Å². The number of para-hydroxylation sites is 1. The van der Waals surface area contributed by atoms with Crippen LogP contribution in [-0.4, -0.2) is 46.9 Å². The van der Waals surface area contributed by atoms with Crippen molar-refractivity contribution in [3.8, 4) is 0 Å². The van der Waals surface area contributed by atoms with Gasteiger partial charge in [-0.2, -0.15) is 0 Å². The van der Waals surface area contributed by atoms with E-state index in [0.717, 1.165) is 41.2 Å². The first kappa shape index (κ1) is 18.4. The second-order valence-electron chi connectivity index (χ2n) is 6.94. The zero-order chi connectivity index (χ0) is 19.5. The smallest absolute Gasteiger partial charge is 0.321 e. The molecular weight excluding hydrogens is 372 g/mol. The van der Waals surface area contributed by atoms with E-state index in [2.05, 4.69) is 10.3 Å². The first-order valence-electron chi connectivity index (χ1n) is 9.36. The number of hydrogen-bond donors (Lipinski definition) is 1. The van der Waals surface area contributed by atoms with Crippen molar-refractivity contribution in [2.75, 3.05) is 25.5 Å². The molecule has 28 heavy (non-hydrogen) atoms. The third kappa shape index (κ3) is 3.99. The molecule has 3 aromatic rings. The van der Waals surface area contributed by atoms with E-state index in [1.165, 1.54) is 0 Å². The average Bonchev–Trinajstić information content (AvgIpc) is 3.37. The number of rotatable bonds is 4. The van der Waals surface area contributed by atoms with E-state index in [0.29, 0.717) is 17.8 Å². The minimum Gasteiger partial charge on any atom is -0.339 e. The van der Waals surface area contributed by atoms with Crippen molar-refractivity contribution in [2.45, 2.75) is 19.4 Å². The van der Waals surface area contributed by atoms with Gasteiger partial charge in [0, 0.05) is 31.4 Å². The molecule has 6 nitrogen and oxygen atoms in total. The summed E-state index contributed by atoms with van der Waals surface area (Å²) in [5.74, 6) is 0.0586. The number of aromatic nitrogens is 1. The van der Waals surface area contributed by atoms with Crippen LogP contribution in [0.15, 0.2) is 48.5 Å². The van der Waals surface area contributed by atoms with Crippen LogP contribution in [0.1, 0.15) is 28.2 Å². The van der Waals surface area contributed by atoms with E-state index in [9.17, 15) is 9.59 Å². The predicted molar refractivity (Wildman–Crippen MR) is 112 cm³/mol. The highest BCUT2D eigenvalue weighted by atomic mass is 32.1. The number of carbonyl (C=O) groups excluding carboxylic acids is 2. The molecule has 2 heterocycles. The number of carbonyl (C=O) groups is 2. The van der Waals surface area contributed by atoms with Crippen LogP contribution >= 0.6 is 11.3 Å². The van der Waals surface area contributed by atoms with E-state index in [-0.39, 0.29) is 11.9 Å². The molecule has 1 saturated heterocycles. The molecule has 0 bridgehead atoms. The van der Waals surface area contributed by atoms with E-state index >= 15 is 0 Å². The summed E-state index contributed by atoms with van der Waals surface area (Å²) >= 11 is 1.59. The Kier molecular flexibility index (Phi) is 5.25. The van der Waals surface area contributed by atoms with Crippen molar-refractivity contribution in [1.29, 1.82) is 0 Å². The van der Waals surface area contributed by atoms with Gasteiger partial charge in [0.15, 0.2) is 0 Å². The fourth-order valence-electron chi connectivity index (χ4n) is 3.28. The van der Waals surface area contributed by atoms with Crippen molar-refractivity contribution < 1.29 is 9.59 Å². The number of anilines is 1. The van der Waals surface area contributed by atoms with E-state index in [1.807, 2.05) is 29.2 Å². The SMILES string of the molecule is CN(Cc1nc2ccccc2s1)C(=O)Nc1ccc(C(=O)N2CCCC2)cc1. The Bertz CT molecular complexity index is 960. The van der Waals surface area contributed by atoms with Crippen molar-refractivity contribution in [3.05, 3.63) is 59.1 Å². The zero-order valence-corrected chi connectivity index (χ0v) is 16.5. The molecule has 144 valence electrons. The topological polar surface area (TPSA) is 65.5 Å². The van der Waals surface area contributed by atoms with Crippen LogP contribution in [0.25, 0.3) is 10.2 Å². The number of benzene rings is 2. The number of nitrogens with zero attached hydrogens (tertiary/aromatic N) is 3. The van der Waals surface area contributed by atoms with E-state index < -0.39 is 0 Å². The Balaban J connectivity index is 1.36. The summed E-state index contributed by atoms with van der Waals surface area (Å²) in [6.45, 7) is 2.10.